The lowest BCUT2D eigenvalue weighted by atomic mass is 10.2. The van der Waals surface area contributed by atoms with Gasteiger partial charge in [-0.2, -0.15) is 0 Å². The van der Waals surface area contributed by atoms with Crippen molar-refractivity contribution in [2.45, 2.75) is 33.4 Å². The summed E-state index contributed by atoms with van der Waals surface area (Å²) < 4.78 is 10.9. The quantitative estimate of drug-likeness (QED) is 0.775. The van der Waals surface area contributed by atoms with Crippen LogP contribution in [0.5, 0.6) is 11.5 Å². The molecule has 27 heavy (non-hydrogen) atoms. The molecular formula is C21H26N2O4. The lowest BCUT2D eigenvalue weighted by molar-refractivity contribution is -0.123. The predicted octanol–water partition coefficient (Wildman–Crippen LogP) is 3.15. The molecule has 1 N–H and O–H groups in total. The van der Waals surface area contributed by atoms with Crippen molar-refractivity contribution in [3.63, 3.8) is 0 Å². The molecule has 0 aliphatic heterocycles. The number of carbonyl (C=O) groups is 2. The molecule has 0 saturated heterocycles. The van der Waals surface area contributed by atoms with Crippen LogP contribution in [0.2, 0.25) is 0 Å². The molecule has 0 spiro atoms. The van der Waals surface area contributed by atoms with Gasteiger partial charge in [-0.1, -0.05) is 18.2 Å². The van der Waals surface area contributed by atoms with E-state index in [1.165, 1.54) is 11.8 Å². The van der Waals surface area contributed by atoms with Crippen LogP contribution in [-0.2, 0) is 16.1 Å². The third-order valence-corrected chi connectivity index (χ3v) is 3.87. The number of hydrogen-bond donors (Lipinski definition) is 1. The van der Waals surface area contributed by atoms with E-state index in [-0.39, 0.29) is 24.5 Å². The number of nitrogens with one attached hydrogen (secondary N) is 1. The van der Waals surface area contributed by atoms with Crippen LogP contribution in [0.4, 0.5) is 5.69 Å². The number of amides is 2. The van der Waals surface area contributed by atoms with Crippen molar-refractivity contribution >= 4 is 17.5 Å². The van der Waals surface area contributed by atoms with Crippen molar-refractivity contribution in [3.05, 3.63) is 54.1 Å². The summed E-state index contributed by atoms with van der Waals surface area (Å²) in [4.78, 5) is 25.8. The molecule has 0 radical (unpaired) electrons. The van der Waals surface area contributed by atoms with E-state index in [1.807, 2.05) is 38.1 Å². The van der Waals surface area contributed by atoms with Crippen LogP contribution in [-0.4, -0.2) is 31.6 Å². The zero-order chi connectivity index (χ0) is 19.8. The Morgan fingerprint density at radius 2 is 1.74 bits per heavy atom. The average molecular weight is 370 g/mol. The highest BCUT2D eigenvalue weighted by Crippen LogP contribution is 2.21. The maximum Gasteiger partial charge on any atom is 0.240 e. The van der Waals surface area contributed by atoms with Gasteiger partial charge in [0.15, 0.2) is 0 Å². The van der Waals surface area contributed by atoms with Gasteiger partial charge < -0.3 is 19.7 Å². The summed E-state index contributed by atoms with van der Waals surface area (Å²) in [7, 11) is 1.59. The summed E-state index contributed by atoms with van der Waals surface area (Å²) in [6.07, 6.45) is 0.0699. The molecule has 6 nitrogen and oxygen atoms in total. The molecule has 0 fully saturated rings. The molecule has 2 aromatic rings. The van der Waals surface area contributed by atoms with Crippen molar-refractivity contribution in [3.8, 4) is 11.5 Å². The first-order chi connectivity index (χ1) is 12.9. The molecule has 6 heteroatoms. The molecular weight excluding hydrogens is 344 g/mol. The highest BCUT2D eigenvalue weighted by Gasteiger charge is 2.16. The summed E-state index contributed by atoms with van der Waals surface area (Å²) in [6, 6.07) is 14.6. The number of carbonyl (C=O) groups excluding carboxylic acids is 2. The molecule has 0 aliphatic rings. The number of benzene rings is 2. The van der Waals surface area contributed by atoms with Gasteiger partial charge in [-0.05, 0) is 44.2 Å². The Labute approximate surface area is 160 Å². The van der Waals surface area contributed by atoms with Gasteiger partial charge in [-0.25, -0.2) is 0 Å². The minimum Gasteiger partial charge on any atom is -0.496 e. The number of nitrogens with zero attached hydrogens (tertiary/aromatic N) is 1. The van der Waals surface area contributed by atoms with Crippen LogP contribution in [0, 0.1) is 0 Å². The van der Waals surface area contributed by atoms with Crippen LogP contribution in [0.25, 0.3) is 0 Å². The third-order valence-electron chi connectivity index (χ3n) is 3.87. The van der Waals surface area contributed by atoms with E-state index in [9.17, 15) is 9.59 Å². The minimum absolute atomic E-state index is 0.0606. The van der Waals surface area contributed by atoms with Crippen molar-refractivity contribution in [2.24, 2.45) is 0 Å². The summed E-state index contributed by atoms with van der Waals surface area (Å²) >= 11 is 0. The van der Waals surface area contributed by atoms with Crippen molar-refractivity contribution < 1.29 is 19.1 Å². The van der Waals surface area contributed by atoms with Gasteiger partial charge in [0.25, 0.3) is 0 Å². The van der Waals surface area contributed by atoms with Crippen LogP contribution in [0.15, 0.2) is 48.5 Å². The van der Waals surface area contributed by atoms with Gasteiger partial charge in [-0.15, -0.1) is 0 Å². The predicted molar refractivity (Wildman–Crippen MR) is 105 cm³/mol. The highest BCUT2D eigenvalue weighted by molar-refractivity contribution is 5.97. The first-order valence-electron chi connectivity index (χ1n) is 8.84. The Hall–Kier alpha value is -3.02. The van der Waals surface area contributed by atoms with Crippen molar-refractivity contribution in [1.82, 2.24) is 5.32 Å². The second kappa shape index (κ2) is 9.62. The second-order valence-electron chi connectivity index (χ2n) is 6.35. The minimum atomic E-state index is -0.251. The molecule has 0 bridgehead atoms. The van der Waals surface area contributed by atoms with Crippen LogP contribution >= 0.6 is 0 Å². The van der Waals surface area contributed by atoms with Crippen LogP contribution in [0.1, 0.15) is 26.3 Å². The number of rotatable bonds is 8. The van der Waals surface area contributed by atoms with Gasteiger partial charge in [-0.3, -0.25) is 9.59 Å². The topological polar surface area (TPSA) is 67.9 Å². The second-order valence-corrected chi connectivity index (χ2v) is 6.35. The smallest absolute Gasteiger partial charge is 0.240 e. The lowest BCUT2D eigenvalue weighted by Crippen LogP contribution is -2.39. The Balaban J connectivity index is 2.00. The SMILES string of the molecule is COc1ccccc1CNC(=O)CN(C(C)=O)c1ccc(OC(C)C)cc1. The standard InChI is InChI=1S/C21H26N2O4/c1-15(2)27-19-11-9-18(10-12-19)23(16(3)24)14-21(25)22-13-17-7-5-6-8-20(17)26-4/h5-12,15H,13-14H2,1-4H3,(H,22,25). The molecule has 2 rings (SSSR count). The zero-order valence-electron chi connectivity index (χ0n) is 16.2. The normalized spacial score (nSPS) is 10.4. The first kappa shape index (κ1) is 20.3. The monoisotopic (exact) mass is 370 g/mol. The lowest BCUT2D eigenvalue weighted by Gasteiger charge is -2.21. The molecule has 2 amide bonds. The largest absolute Gasteiger partial charge is 0.496 e. The molecule has 0 unspecified atom stereocenters. The molecule has 2 aromatic carbocycles. The van der Waals surface area contributed by atoms with E-state index in [1.54, 1.807) is 31.4 Å². The first-order valence-corrected chi connectivity index (χ1v) is 8.84. The van der Waals surface area contributed by atoms with Gasteiger partial charge in [0, 0.05) is 24.7 Å². The van der Waals surface area contributed by atoms with E-state index < -0.39 is 0 Å². The molecule has 0 aromatic heterocycles. The third kappa shape index (κ3) is 6.02. The van der Waals surface area contributed by atoms with Crippen molar-refractivity contribution in [1.29, 1.82) is 0 Å². The average Bonchev–Trinajstić information content (AvgIpc) is 2.64. The Bertz CT molecular complexity index is 772. The van der Waals surface area contributed by atoms with Gasteiger partial charge in [0.05, 0.1) is 13.2 Å². The van der Waals surface area contributed by atoms with Crippen LogP contribution in [0.3, 0.4) is 0 Å². The number of ether oxygens (including phenoxy) is 2. The van der Waals surface area contributed by atoms with E-state index >= 15 is 0 Å². The van der Waals surface area contributed by atoms with E-state index in [4.69, 9.17) is 9.47 Å². The Kier molecular flexibility index (Phi) is 7.23. The maximum atomic E-state index is 12.3. The fraction of sp³-hybridized carbons (Fsp3) is 0.333. The number of para-hydroxylation sites is 1. The number of hydrogen-bond acceptors (Lipinski definition) is 4. The van der Waals surface area contributed by atoms with Gasteiger partial charge in [0.2, 0.25) is 11.8 Å². The van der Waals surface area contributed by atoms with E-state index in [0.717, 1.165) is 11.3 Å². The molecule has 0 heterocycles. The molecule has 0 atom stereocenters. The van der Waals surface area contributed by atoms with E-state index in [2.05, 4.69) is 5.32 Å². The number of anilines is 1. The number of methoxy groups -OCH3 is 1. The summed E-state index contributed by atoms with van der Waals surface area (Å²) in [5.41, 5.74) is 1.52. The zero-order valence-corrected chi connectivity index (χ0v) is 16.2. The fourth-order valence-electron chi connectivity index (χ4n) is 2.60. The maximum absolute atomic E-state index is 12.3. The Morgan fingerprint density at radius 1 is 1.07 bits per heavy atom. The molecule has 0 saturated carbocycles. The summed E-state index contributed by atoms with van der Waals surface area (Å²) in [5.74, 6) is 0.971. The Morgan fingerprint density at radius 3 is 2.33 bits per heavy atom. The molecule has 144 valence electrons. The molecule has 0 aliphatic carbocycles. The van der Waals surface area contributed by atoms with Crippen molar-refractivity contribution in [2.75, 3.05) is 18.6 Å². The van der Waals surface area contributed by atoms with E-state index in [0.29, 0.717) is 18.0 Å². The summed E-state index contributed by atoms with van der Waals surface area (Å²) in [6.45, 7) is 5.60. The summed E-state index contributed by atoms with van der Waals surface area (Å²) in [5, 5.41) is 2.83. The fourth-order valence-corrected chi connectivity index (χ4v) is 2.60. The van der Waals surface area contributed by atoms with Crippen LogP contribution < -0.4 is 19.7 Å². The van der Waals surface area contributed by atoms with Gasteiger partial charge >= 0.3 is 0 Å². The van der Waals surface area contributed by atoms with Gasteiger partial charge in [0.1, 0.15) is 18.0 Å². The highest BCUT2D eigenvalue weighted by atomic mass is 16.5.